The molecule has 0 aliphatic heterocycles. The molecular weight excluding hydrogens is 498 g/mol. The summed E-state index contributed by atoms with van der Waals surface area (Å²) in [7, 11) is 14.8. The molecule has 0 aromatic heterocycles. The molecule has 0 N–H and O–H groups in total. The van der Waals surface area contributed by atoms with E-state index in [1.807, 2.05) is 0 Å². The maximum absolute atomic E-state index is 10.6. The quantitative estimate of drug-likeness (QED) is 0.375. The van der Waals surface area contributed by atoms with Crippen molar-refractivity contribution in [3.63, 3.8) is 0 Å². The lowest BCUT2D eigenvalue weighted by Gasteiger charge is -2.28. The maximum Gasteiger partial charge on any atom is 0.124 e. The van der Waals surface area contributed by atoms with E-state index in [-0.39, 0.29) is 0 Å². The normalized spacial score (nSPS) is 12.1. The van der Waals surface area contributed by atoms with Crippen LogP contribution < -0.4 is 10.2 Å². The summed E-state index contributed by atoms with van der Waals surface area (Å²) in [4.78, 5) is 19.9. The predicted molar refractivity (Wildman–Crippen MR) is 143 cm³/mol. The van der Waals surface area contributed by atoms with E-state index in [1.165, 1.54) is 0 Å². The molecule has 0 saturated carbocycles. The van der Waals surface area contributed by atoms with Crippen molar-refractivity contribution in [2.24, 2.45) is 0 Å². The standard InChI is InChI=1S/C8H6O7S.3C6H16N/c9-7(10)4-1-5(8(11)12)3-6(2-4)16(13,14)15;3*1-6(2)7(3,4)5/h1-3H,(H,9,10)(H,11,12)(H,13,14,15);3*6H,1-5H3/q;3*+1/p-3. The molecule has 37 heavy (non-hydrogen) atoms. The summed E-state index contributed by atoms with van der Waals surface area (Å²) in [6, 6.07) is 3.88. The summed E-state index contributed by atoms with van der Waals surface area (Å²) >= 11 is 0. The zero-order chi connectivity index (χ0) is 30.7. The Morgan fingerprint density at radius 2 is 0.784 bits per heavy atom. The average Bonchev–Trinajstić information content (AvgIpc) is 2.66. The number of carboxylic acids is 2. The number of quaternary nitrogens is 3. The SMILES string of the molecule is CC(C)[N+](C)(C)C.CC(C)[N+](C)(C)C.CC(C)[N+](C)(C)C.O=C([O-])c1cc(C(=O)[O-])cc(S(=O)(=O)[O-])c1. The second-order valence-corrected chi connectivity index (χ2v) is 13.8. The molecule has 0 heterocycles. The van der Waals surface area contributed by atoms with Gasteiger partial charge in [0.1, 0.15) is 10.1 Å². The molecule has 0 unspecified atom stereocenters. The van der Waals surface area contributed by atoms with Crippen molar-refractivity contribution in [1.29, 1.82) is 0 Å². The number of aromatic carboxylic acids is 2. The molecule has 1 aromatic rings. The van der Waals surface area contributed by atoms with Crippen molar-refractivity contribution < 1.29 is 46.2 Å². The number of carbonyl (C=O) groups excluding carboxylic acids is 2. The molecule has 0 aliphatic rings. The van der Waals surface area contributed by atoms with Crippen LogP contribution in [0.4, 0.5) is 0 Å². The molecule has 0 radical (unpaired) electrons. The van der Waals surface area contributed by atoms with Gasteiger partial charge in [-0.2, -0.15) is 0 Å². The Morgan fingerprint density at radius 3 is 0.892 bits per heavy atom. The van der Waals surface area contributed by atoms with Gasteiger partial charge in [-0.15, -0.1) is 0 Å². The van der Waals surface area contributed by atoms with Crippen molar-refractivity contribution in [3.8, 4) is 0 Å². The molecule has 0 saturated heterocycles. The van der Waals surface area contributed by atoms with Crippen LogP contribution in [0.1, 0.15) is 62.3 Å². The fourth-order valence-corrected chi connectivity index (χ4v) is 1.52. The van der Waals surface area contributed by atoms with Gasteiger partial charge >= 0.3 is 0 Å². The van der Waals surface area contributed by atoms with Gasteiger partial charge in [0.25, 0.3) is 0 Å². The van der Waals surface area contributed by atoms with E-state index in [0.29, 0.717) is 18.2 Å². The van der Waals surface area contributed by atoms with E-state index in [1.54, 1.807) is 0 Å². The highest BCUT2D eigenvalue weighted by Gasteiger charge is 2.11. The summed E-state index contributed by atoms with van der Waals surface area (Å²) in [6.07, 6.45) is 0. The van der Waals surface area contributed by atoms with Gasteiger partial charge in [-0.3, -0.25) is 0 Å². The van der Waals surface area contributed by atoms with Gasteiger partial charge in [0.15, 0.2) is 0 Å². The first-order valence-electron chi connectivity index (χ1n) is 12.0. The largest absolute Gasteiger partial charge is 0.744 e. The zero-order valence-corrected chi connectivity index (χ0v) is 26.4. The molecule has 0 amide bonds. The van der Waals surface area contributed by atoms with Crippen LogP contribution in [-0.2, 0) is 10.1 Å². The van der Waals surface area contributed by atoms with Crippen LogP contribution in [0.25, 0.3) is 0 Å². The van der Waals surface area contributed by atoms with E-state index in [2.05, 4.69) is 105 Å². The molecule has 0 atom stereocenters. The van der Waals surface area contributed by atoms with Crippen molar-refractivity contribution in [2.75, 3.05) is 63.4 Å². The Kier molecular flexibility index (Phi) is 16.4. The molecule has 1 rings (SSSR count). The summed E-state index contributed by atoms with van der Waals surface area (Å²) in [5.74, 6) is -3.60. The summed E-state index contributed by atoms with van der Waals surface area (Å²) in [6.45, 7) is 13.3. The first-order valence-corrected chi connectivity index (χ1v) is 13.4. The molecule has 0 aliphatic carbocycles. The van der Waals surface area contributed by atoms with Crippen LogP contribution in [0, 0.1) is 0 Å². The molecule has 0 fully saturated rings. The van der Waals surface area contributed by atoms with Crippen molar-refractivity contribution in [2.45, 2.75) is 64.6 Å². The topological polar surface area (TPSA) is 137 Å². The lowest BCUT2D eigenvalue weighted by atomic mass is 10.1. The minimum absolute atomic E-state index is 0.518. The van der Waals surface area contributed by atoms with Crippen LogP contribution in [0.3, 0.4) is 0 Å². The van der Waals surface area contributed by atoms with Crippen LogP contribution in [0.5, 0.6) is 0 Å². The Balaban J connectivity index is -0.000000463. The lowest BCUT2D eigenvalue weighted by Crippen LogP contribution is -2.41. The zero-order valence-electron chi connectivity index (χ0n) is 25.6. The van der Waals surface area contributed by atoms with Crippen LogP contribution in [0.15, 0.2) is 23.1 Å². The van der Waals surface area contributed by atoms with Gasteiger partial charge in [0.2, 0.25) is 0 Å². The minimum atomic E-state index is -4.95. The third-order valence-corrected chi connectivity index (χ3v) is 7.13. The monoisotopic (exact) mass is 549 g/mol. The van der Waals surface area contributed by atoms with E-state index in [4.69, 9.17) is 0 Å². The molecule has 11 heteroatoms. The van der Waals surface area contributed by atoms with Crippen LogP contribution in [0.2, 0.25) is 0 Å². The number of hydrogen-bond acceptors (Lipinski definition) is 7. The van der Waals surface area contributed by atoms with E-state index in [0.717, 1.165) is 31.6 Å². The predicted octanol–water partition coefficient (Wildman–Crippen LogP) is 0.621. The number of carbonyl (C=O) groups is 2. The molecule has 0 spiro atoms. The smallest absolute Gasteiger partial charge is 0.124 e. The fraction of sp³-hybridized carbons (Fsp3) is 0.692. The highest BCUT2D eigenvalue weighted by atomic mass is 32.2. The average molecular weight is 550 g/mol. The first kappa shape index (κ1) is 39.5. The second-order valence-electron chi connectivity index (χ2n) is 12.4. The molecule has 0 bridgehead atoms. The Labute approximate surface area is 225 Å². The van der Waals surface area contributed by atoms with Crippen molar-refractivity contribution in [1.82, 2.24) is 0 Å². The number of carboxylic acid groups (broad SMARTS) is 2. The van der Waals surface area contributed by atoms with Crippen molar-refractivity contribution >= 4 is 22.1 Å². The van der Waals surface area contributed by atoms with Gasteiger partial charge in [0.05, 0.1) is 98.4 Å². The van der Waals surface area contributed by atoms with E-state index in [9.17, 15) is 32.8 Å². The van der Waals surface area contributed by atoms with Gasteiger partial charge in [-0.05, 0) is 70.9 Å². The first-order chi connectivity index (χ1) is 16.0. The Morgan fingerprint density at radius 1 is 0.595 bits per heavy atom. The Bertz CT molecular complexity index is 877. The third kappa shape index (κ3) is 19.7. The second kappa shape index (κ2) is 15.4. The fourth-order valence-electron chi connectivity index (χ4n) is 0.979. The van der Waals surface area contributed by atoms with Crippen molar-refractivity contribution in [3.05, 3.63) is 29.3 Å². The van der Waals surface area contributed by atoms with Crippen LogP contribution >= 0.6 is 0 Å². The number of benzene rings is 1. The van der Waals surface area contributed by atoms with E-state index >= 15 is 0 Å². The summed E-state index contributed by atoms with van der Waals surface area (Å²) < 4.78 is 35.0. The number of nitrogens with zero attached hydrogens (tertiary/aromatic N) is 3. The van der Waals surface area contributed by atoms with Gasteiger partial charge < -0.3 is 37.8 Å². The maximum atomic E-state index is 10.6. The lowest BCUT2D eigenvalue weighted by molar-refractivity contribution is -0.891. The molecule has 1 aromatic carbocycles. The van der Waals surface area contributed by atoms with Gasteiger partial charge in [-0.1, -0.05) is 0 Å². The van der Waals surface area contributed by atoms with Gasteiger partial charge in [0, 0.05) is 0 Å². The molecule has 218 valence electrons. The summed E-state index contributed by atoms with van der Waals surface area (Å²) in [5, 5.41) is 20.9. The number of rotatable bonds is 6. The Hall–Kier alpha value is -2.05. The third-order valence-electron chi connectivity index (χ3n) is 6.31. The molecular formula is C26H51N3O7S. The molecule has 10 nitrogen and oxygen atoms in total. The highest BCUT2D eigenvalue weighted by Crippen LogP contribution is 2.14. The van der Waals surface area contributed by atoms with E-state index < -0.39 is 38.1 Å². The number of hydrogen-bond donors (Lipinski definition) is 0. The minimum Gasteiger partial charge on any atom is -0.744 e. The summed E-state index contributed by atoms with van der Waals surface area (Å²) in [5.41, 5.74) is -1.45. The highest BCUT2D eigenvalue weighted by molar-refractivity contribution is 7.85. The van der Waals surface area contributed by atoms with Crippen LogP contribution in [-0.4, -0.2) is 120 Å². The van der Waals surface area contributed by atoms with Gasteiger partial charge in [-0.25, -0.2) is 8.42 Å².